The van der Waals surface area contributed by atoms with Gasteiger partial charge in [-0.2, -0.15) is 18.7 Å². The molecule has 0 bridgehead atoms. The average molecular weight is 445 g/mol. The fraction of sp³-hybridized carbons (Fsp3) is 0.938. The lowest BCUT2D eigenvalue weighted by Crippen LogP contribution is -2.54. The predicted octanol–water partition coefficient (Wildman–Crippen LogP) is 2.45. The van der Waals surface area contributed by atoms with E-state index in [9.17, 15) is 18.0 Å². The van der Waals surface area contributed by atoms with Crippen molar-refractivity contribution in [3.05, 3.63) is 0 Å². The maximum absolute atomic E-state index is 13.1. The van der Waals surface area contributed by atoms with E-state index in [1.165, 1.54) is 5.01 Å². The summed E-state index contributed by atoms with van der Waals surface area (Å²) in [5.74, 6) is -0.330. The van der Waals surface area contributed by atoms with Crippen LogP contribution in [0.1, 0.15) is 47.0 Å². The largest absolute Gasteiger partial charge is 0.406 e. The van der Waals surface area contributed by atoms with Gasteiger partial charge in [0.2, 0.25) is 5.91 Å². The van der Waals surface area contributed by atoms with Gasteiger partial charge in [-0.3, -0.25) is 9.63 Å². The lowest BCUT2D eigenvalue weighted by molar-refractivity contribution is -0.158. The van der Waals surface area contributed by atoms with Crippen LogP contribution in [-0.4, -0.2) is 52.8 Å². The van der Waals surface area contributed by atoms with E-state index in [0.29, 0.717) is 19.3 Å². The Hall–Kier alpha value is -0.420. The van der Waals surface area contributed by atoms with Gasteiger partial charge in [0.15, 0.2) is 6.23 Å². The van der Waals surface area contributed by atoms with Crippen molar-refractivity contribution in [1.29, 1.82) is 0 Å². The number of hydrazine groups is 1. The molecule has 2 aliphatic rings. The average Bonchev–Trinajstić information content (AvgIpc) is 3.10. The van der Waals surface area contributed by atoms with Crippen LogP contribution in [0.5, 0.6) is 0 Å². The van der Waals surface area contributed by atoms with Crippen LogP contribution in [0.25, 0.3) is 0 Å². The summed E-state index contributed by atoms with van der Waals surface area (Å²) in [5, 5.41) is 4.20. The molecule has 0 aliphatic carbocycles. The van der Waals surface area contributed by atoms with Gasteiger partial charge in [-0.25, -0.2) is 10.4 Å². The molecule has 152 valence electrons. The third-order valence-electron chi connectivity index (χ3n) is 4.78. The van der Waals surface area contributed by atoms with Crippen molar-refractivity contribution in [2.75, 3.05) is 6.54 Å². The number of nitrogens with zero attached hydrogens (tertiary/aromatic N) is 1. The van der Waals surface area contributed by atoms with Crippen LogP contribution in [0.2, 0.25) is 0 Å². The highest BCUT2D eigenvalue weighted by Crippen LogP contribution is 2.31. The summed E-state index contributed by atoms with van der Waals surface area (Å²) in [4.78, 5) is 17.3. The third-order valence-corrected chi connectivity index (χ3v) is 5.60. The first-order valence-electron chi connectivity index (χ1n) is 8.88. The second-order valence-electron chi connectivity index (χ2n) is 8.01. The van der Waals surface area contributed by atoms with Crippen LogP contribution < -0.4 is 16.2 Å². The molecular weight excluding hydrogens is 417 g/mol. The van der Waals surface area contributed by atoms with Gasteiger partial charge in [-0.15, -0.1) is 0 Å². The Bertz CT molecular complexity index is 501. The number of alkyl halides is 4. The lowest BCUT2D eigenvalue weighted by Gasteiger charge is -2.28. The first kappa shape index (κ1) is 21.9. The molecule has 10 heteroatoms. The highest BCUT2D eigenvalue weighted by atomic mass is 79.9. The molecule has 26 heavy (non-hydrogen) atoms. The monoisotopic (exact) mass is 444 g/mol. The van der Waals surface area contributed by atoms with E-state index in [-0.39, 0.29) is 23.9 Å². The normalized spacial score (nSPS) is 32.0. The number of carbonyl (C=O) groups is 1. The predicted molar refractivity (Wildman–Crippen MR) is 95.1 cm³/mol. The highest BCUT2D eigenvalue weighted by Gasteiger charge is 2.51. The standard InChI is InChI=1S/C16H28BrF3N4O2/c1-5-6-10(24-8-9(17)13(22-24)16(18,19)20)14(25)21-12-7-11(23-26-12)15(2,3)4/h9-13,22-23H,5-8H2,1-4H3,(H,21,25). The van der Waals surface area contributed by atoms with Crippen LogP contribution in [0, 0.1) is 5.41 Å². The second kappa shape index (κ2) is 8.30. The minimum atomic E-state index is -4.38. The van der Waals surface area contributed by atoms with Gasteiger partial charge in [0.1, 0.15) is 12.1 Å². The number of carbonyl (C=O) groups excluding carboxylic acids is 1. The van der Waals surface area contributed by atoms with Crippen LogP contribution in [0.3, 0.4) is 0 Å². The van der Waals surface area contributed by atoms with E-state index in [4.69, 9.17) is 4.84 Å². The van der Waals surface area contributed by atoms with Gasteiger partial charge in [0.25, 0.3) is 0 Å². The van der Waals surface area contributed by atoms with Crippen molar-refractivity contribution >= 4 is 21.8 Å². The zero-order chi connectivity index (χ0) is 19.7. The molecule has 0 spiro atoms. The molecular formula is C16H28BrF3N4O2. The van der Waals surface area contributed by atoms with E-state index in [1.807, 2.05) is 6.92 Å². The van der Waals surface area contributed by atoms with Crippen LogP contribution in [0.15, 0.2) is 0 Å². The first-order chi connectivity index (χ1) is 11.9. The van der Waals surface area contributed by atoms with Crippen LogP contribution in [0.4, 0.5) is 13.2 Å². The summed E-state index contributed by atoms with van der Waals surface area (Å²) >= 11 is 3.08. The highest BCUT2D eigenvalue weighted by molar-refractivity contribution is 9.09. The molecule has 0 aromatic rings. The molecule has 6 nitrogen and oxygen atoms in total. The summed E-state index contributed by atoms with van der Waals surface area (Å²) < 4.78 is 39.2. The zero-order valence-electron chi connectivity index (χ0n) is 15.5. The molecule has 0 radical (unpaired) electrons. The number of rotatable bonds is 5. The number of hydrogen-bond donors (Lipinski definition) is 3. The van der Waals surface area contributed by atoms with Crippen molar-refractivity contribution in [3.8, 4) is 0 Å². The number of amides is 1. The molecule has 0 aromatic heterocycles. The van der Waals surface area contributed by atoms with E-state index < -0.39 is 29.3 Å². The lowest BCUT2D eigenvalue weighted by atomic mass is 9.85. The van der Waals surface area contributed by atoms with E-state index in [1.54, 1.807) is 0 Å². The van der Waals surface area contributed by atoms with Gasteiger partial charge in [-0.05, 0) is 11.8 Å². The SMILES string of the molecule is CCCC(C(=O)NC1CC(C(C)(C)C)NO1)N1CC(Br)C(C(F)(F)F)N1. The molecule has 5 unspecified atom stereocenters. The minimum absolute atomic E-state index is 0.0259. The maximum atomic E-state index is 13.1. The number of hydrogen-bond acceptors (Lipinski definition) is 5. The molecule has 5 atom stereocenters. The summed E-state index contributed by atoms with van der Waals surface area (Å²) in [5.41, 5.74) is 5.35. The Morgan fingerprint density at radius 1 is 1.38 bits per heavy atom. The van der Waals surface area contributed by atoms with Gasteiger partial charge in [-0.1, -0.05) is 50.0 Å². The van der Waals surface area contributed by atoms with Gasteiger partial charge in [0, 0.05) is 19.0 Å². The number of halogens is 4. The van der Waals surface area contributed by atoms with Crippen molar-refractivity contribution in [2.24, 2.45) is 5.41 Å². The molecule has 1 amide bonds. The smallest absolute Gasteiger partial charge is 0.328 e. The van der Waals surface area contributed by atoms with Gasteiger partial charge < -0.3 is 5.32 Å². The minimum Gasteiger partial charge on any atom is -0.328 e. The molecule has 0 aromatic carbocycles. The topological polar surface area (TPSA) is 65.6 Å². The molecule has 2 fully saturated rings. The fourth-order valence-corrected chi connectivity index (χ4v) is 3.88. The summed E-state index contributed by atoms with van der Waals surface area (Å²) in [6.07, 6.45) is -3.14. The van der Waals surface area contributed by atoms with Crippen molar-refractivity contribution in [1.82, 2.24) is 21.2 Å². The van der Waals surface area contributed by atoms with Gasteiger partial charge >= 0.3 is 6.18 Å². The molecule has 0 saturated carbocycles. The molecule has 2 rings (SSSR count). The van der Waals surface area contributed by atoms with Crippen LogP contribution in [-0.2, 0) is 9.63 Å². The second-order valence-corrected chi connectivity index (χ2v) is 9.18. The summed E-state index contributed by atoms with van der Waals surface area (Å²) in [6, 6.07) is -2.31. The molecule has 3 N–H and O–H groups in total. The Kier molecular flexibility index (Phi) is 6.98. The Morgan fingerprint density at radius 3 is 2.50 bits per heavy atom. The maximum Gasteiger partial charge on any atom is 0.406 e. The quantitative estimate of drug-likeness (QED) is 0.568. The number of nitrogens with one attached hydrogen (secondary N) is 3. The third kappa shape index (κ3) is 5.31. The Balaban J connectivity index is 1.98. The van der Waals surface area contributed by atoms with Crippen LogP contribution >= 0.6 is 15.9 Å². The summed E-state index contributed by atoms with van der Waals surface area (Å²) in [6.45, 7) is 8.20. The van der Waals surface area contributed by atoms with Crippen molar-refractivity contribution in [3.63, 3.8) is 0 Å². The number of hydroxylamine groups is 1. The Labute approximate surface area is 160 Å². The Morgan fingerprint density at radius 2 is 2.04 bits per heavy atom. The van der Waals surface area contributed by atoms with Gasteiger partial charge in [0.05, 0.1) is 4.83 Å². The molecule has 2 saturated heterocycles. The van der Waals surface area contributed by atoms with Crippen molar-refractivity contribution in [2.45, 2.75) is 82.3 Å². The molecule has 2 aliphatic heterocycles. The van der Waals surface area contributed by atoms with E-state index in [2.05, 4.69) is 52.9 Å². The molecule has 2 heterocycles. The summed E-state index contributed by atoms with van der Waals surface area (Å²) in [7, 11) is 0. The van der Waals surface area contributed by atoms with E-state index in [0.717, 1.165) is 0 Å². The van der Waals surface area contributed by atoms with E-state index >= 15 is 0 Å². The fourth-order valence-electron chi connectivity index (χ4n) is 3.15. The van der Waals surface area contributed by atoms with Crippen molar-refractivity contribution < 1.29 is 22.8 Å². The zero-order valence-corrected chi connectivity index (χ0v) is 17.1. The first-order valence-corrected chi connectivity index (χ1v) is 9.80.